The van der Waals surface area contributed by atoms with E-state index < -0.39 is 11.7 Å². The highest BCUT2D eigenvalue weighted by Crippen LogP contribution is 2.28. The fraction of sp³-hybridized carbons (Fsp3) is 0.0370. The summed E-state index contributed by atoms with van der Waals surface area (Å²) in [5.74, 6) is -1.64. The minimum Gasteiger partial charge on any atom is -0.319 e. The van der Waals surface area contributed by atoms with Gasteiger partial charge in [-0.15, -0.1) is 0 Å². The van der Waals surface area contributed by atoms with Gasteiger partial charge in [0, 0.05) is 6.42 Å². The van der Waals surface area contributed by atoms with Crippen LogP contribution in [-0.4, -0.2) is 5.91 Å². The molecule has 0 atom stereocenters. The largest absolute Gasteiger partial charge is 0.319 e. The maximum atomic E-state index is 14.3. The number of rotatable bonds is 5. The van der Waals surface area contributed by atoms with Crippen molar-refractivity contribution >= 4 is 28.4 Å². The summed E-state index contributed by atoms with van der Waals surface area (Å²) in [5, 5.41) is 13.9. The van der Waals surface area contributed by atoms with Crippen molar-refractivity contribution in [2.45, 2.75) is 6.42 Å². The highest BCUT2D eigenvalue weighted by molar-refractivity contribution is 6.11. The SMILES string of the molecule is N#C/C(=C\c1c(Cc2ccccc2F)ccc2ccccc12)C(=O)Nc1ccccc1F. The molecule has 0 heterocycles. The van der Waals surface area contributed by atoms with Crippen LogP contribution in [-0.2, 0) is 11.2 Å². The first-order chi connectivity index (χ1) is 15.6. The summed E-state index contributed by atoms with van der Waals surface area (Å²) in [5.41, 5.74) is 1.72. The van der Waals surface area contributed by atoms with Crippen molar-refractivity contribution in [1.82, 2.24) is 0 Å². The molecular formula is C27H18F2N2O. The van der Waals surface area contributed by atoms with Gasteiger partial charge >= 0.3 is 0 Å². The van der Waals surface area contributed by atoms with E-state index in [4.69, 9.17) is 0 Å². The van der Waals surface area contributed by atoms with Crippen LogP contribution in [0.1, 0.15) is 16.7 Å². The first-order valence-corrected chi connectivity index (χ1v) is 9.98. The summed E-state index contributed by atoms with van der Waals surface area (Å²) in [6.45, 7) is 0. The second-order valence-electron chi connectivity index (χ2n) is 7.23. The number of nitrogens with one attached hydrogen (secondary N) is 1. The highest BCUT2D eigenvalue weighted by atomic mass is 19.1. The quantitative estimate of drug-likeness (QED) is 0.304. The Kier molecular flexibility index (Phi) is 6.05. The molecule has 0 saturated carbocycles. The van der Waals surface area contributed by atoms with Crippen LogP contribution in [0.4, 0.5) is 14.5 Å². The van der Waals surface area contributed by atoms with Gasteiger partial charge in [0.15, 0.2) is 0 Å². The number of carbonyl (C=O) groups is 1. The van der Waals surface area contributed by atoms with E-state index in [9.17, 15) is 18.8 Å². The Morgan fingerprint density at radius 3 is 2.28 bits per heavy atom. The third-order valence-electron chi connectivity index (χ3n) is 5.18. The van der Waals surface area contributed by atoms with Crippen molar-refractivity contribution in [3.63, 3.8) is 0 Å². The van der Waals surface area contributed by atoms with E-state index in [0.29, 0.717) is 11.1 Å². The first kappa shape index (κ1) is 21.0. The van der Waals surface area contributed by atoms with Crippen molar-refractivity contribution in [3.8, 4) is 6.07 Å². The number of hydrogen-bond acceptors (Lipinski definition) is 2. The van der Waals surface area contributed by atoms with E-state index in [-0.39, 0.29) is 23.5 Å². The van der Waals surface area contributed by atoms with Gasteiger partial charge in [0.1, 0.15) is 23.3 Å². The first-order valence-electron chi connectivity index (χ1n) is 9.98. The minimum absolute atomic E-state index is 0.0110. The van der Waals surface area contributed by atoms with Crippen LogP contribution in [0.5, 0.6) is 0 Å². The maximum Gasteiger partial charge on any atom is 0.266 e. The van der Waals surface area contributed by atoms with E-state index in [1.54, 1.807) is 24.3 Å². The van der Waals surface area contributed by atoms with Gasteiger partial charge < -0.3 is 5.32 Å². The number of halogens is 2. The summed E-state index contributed by atoms with van der Waals surface area (Å²) in [7, 11) is 0. The Labute approximate surface area is 184 Å². The predicted molar refractivity (Wildman–Crippen MR) is 122 cm³/mol. The zero-order valence-corrected chi connectivity index (χ0v) is 17.0. The molecule has 32 heavy (non-hydrogen) atoms. The lowest BCUT2D eigenvalue weighted by atomic mass is 9.93. The van der Waals surface area contributed by atoms with E-state index in [2.05, 4.69) is 5.32 Å². The summed E-state index contributed by atoms with van der Waals surface area (Å²) in [6, 6.07) is 25.5. The molecule has 1 amide bonds. The number of carbonyl (C=O) groups excluding carboxylic acids is 1. The summed E-state index contributed by atoms with van der Waals surface area (Å²) < 4.78 is 28.2. The number of benzene rings is 4. The van der Waals surface area contributed by atoms with Crippen LogP contribution in [0.2, 0.25) is 0 Å². The second kappa shape index (κ2) is 9.23. The van der Waals surface area contributed by atoms with Crippen molar-refractivity contribution in [1.29, 1.82) is 5.26 Å². The molecule has 0 radical (unpaired) electrons. The average molecular weight is 424 g/mol. The number of nitriles is 1. The molecule has 4 aromatic carbocycles. The van der Waals surface area contributed by atoms with Gasteiger partial charge in [0.2, 0.25) is 0 Å². The molecule has 4 aromatic rings. The van der Waals surface area contributed by atoms with Crippen LogP contribution >= 0.6 is 0 Å². The third kappa shape index (κ3) is 4.40. The third-order valence-corrected chi connectivity index (χ3v) is 5.18. The molecule has 0 aliphatic rings. The number of para-hydroxylation sites is 1. The normalized spacial score (nSPS) is 11.2. The van der Waals surface area contributed by atoms with Crippen molar-refractivity contribution in [2.24, 2.45) is 0 Å². The molecule has 0 saturated heterocycles. The van der Waals surface area contributed by atoms with Crippen LogP contribution in [0.3, 0.4) is 0 Å². The number of fused-ring (bicyclic) bond motifs is 1. The molecule has 4 rings (SSSR count). The van der Waals surface area contributed by atoms with Crippen LogP contribution < -0.4 is 5.32 Å². The van der Waals surface area contributed by atoms with Crippen molar-refractivity contribution in [2.75, 3.05) is 5.32 Å². The Balaban J connectivity index is 1.79. The topological polar surface area (TPSA) is 52.9 Å². The lowest BCUT2D eigenvalue weighted by molar-refractivity contribution is -0.112. The van der Waals surface area contributed by atoms with Gasteiger partial charge in [0.05, 0.1) is 5.69 Å². The maximum absolute atomic E-state index is 14.3. The Hall–Kier alpha value is -4.30. The van der Waals surface area contributed by atoms with Gasteiger partial charge in [-0.05, 0) is 51.7 Å². The van der Waals surface area contributed by atoms with Crippen LogP contribution in [0.25, 0.3) is 16.8 Å². The minimum atomic E-state index is -0.720. The van der Waals surface area contributed by atoms with E-state index in [1.807, 2.05) is 42.5 Å². The fourth-order valence-corrected chi connectivity index (χ4v) is 3.56. The van der Waals surface area contributed by atoms with E-state index in [1.165, 1.54) is 30.3 Å². The van der Waals surface area contributed by atoms with E-state index >= 15 is 0 Å². The molecule has 156 valence electrons. The predicted octanol–water partition coefficient (Wildman–Crippen LogP) is 6.25. The lowest BCUT2D eigenvalue weighted by Crippen LogP contribution is -2.14. The summed E-state index contributed by atoms with van der Waals surface area (Å²) in [4.78, 5) is 12.7. The van der Waals surface area contributed by atoms with Crippen molar-refractivity contribution < 1.29 is 13.6 Å². The van der Waals surface area contributed by atoms with Gasteiger partial charge in [-0.25, -0.2) is 8.78 Å². The molecule has 0 aliphatic heterocycles. The molecular weight excluding hydrogens is 406 g/mol. The molecule has 0 aromatic heterocycles. The molecule has 0 unspecified atom stereocenters. The molecule has 5 heteroatoms. The Bertz CT molecular complexity index is 1390. The molecule has 0 aliphatic carbocycles. The number of hydrogen-bond donors (Lipinski definition) is 1. The van der Waals surface area contributed by atoms with Gasteiger partial charge in [-0.1, -0.05) is 66.7 Å². The van der Waals surface area contributed by atoms with Crippen LogP contribution in [0, 0.1) is 23.0 Å². The fourth-order valence-electron chi connectivity index (χ4n) is 3.56. The zero-order chi connectivity index (χ0) is 22.5. The Morgan fingerprint density at radius 2 is 1.53 bits per heavy atom. The van der Waals surface area contributed by atoms with Gasteiger partial charge in [-0.3, -0.25) is 4.79 Å². The molecule has 0 bridgehead atoms. The zero-order valence-electron chi connectivity index (χ0n) is 17.0. The van der Waals surface area contributed by atoms with Gasteiger partial charge in [0.25, 0.3) is 5.91 Å². The molecule has 3 nitrogen and oxygen atoms in total. The lowest BCUT2D eigenvalue weighted by Gasteiger charge is -2.12. The number of amides is 1. The smallest absolute Gasteiger partial charge is 0.266 e. The summed E-state index contributed by atoms with van der Waals surface area (Å²) >= 11 is 0. The second-order valence-corrected chi connectivity index (χ2v) is 7.23. The Morgan fingerprint density at radius 1 is 0.844 bits per heavy atom. The standard InChI is InChI=1S/C27H18F2N2O/c28-24-10-4-2-8-20(24)15-19-14-13-18-7-1-3-9-22(18)23(19)16-21(17-30)27(32)31-26-12-6-5-11-25(26)29/h1-14,16H,15H2,(H,31,32)/b21-16+. The molecule has 1 N–H and O–H groups in total. The molecule has 0 fully saturated rings. The van der Waals surface area contributed by atoms with E-state index in [0.717, 1.165) is 16.3 Å². The highest BCUT2D eigenvalue weighted by Gasteiger charge is 2.15. The molecule has 0 spiro atoms. The monoisotopic (exact) mass is 424 g/mol. The number of anilines is 1. The summed E-state index contributed by atoms with van der Waals surface area (Å²) in [6.07, 6.45) is 1.77. The average Bonchev–Trinajstić information content (AvgIpc) is 2.81. The van der Waals surface area contributed by atoms with Crippen LogP contribution in [0.15, 0.2) is 90.5 Å². The van der Waals surface area contributed by atoms with Crippen molar-refractivity contribution in [3.05, 3.63) is 119 Å². The van der Waals surface area contributed by atoms with Gasteiger partial charge in [-0.2, -0.15) is 5.26 Å². The number of nitrogens with zero attached hydrogens (tertiary/aromatic N) is 1.